The van der Waals surface area contributed by atoms with Gasteiger partial charge in [0.15, 0.2) is 11.4 Å². The summed E-state index contributed by atoms with van der Waals surface area (Å²) in [7, 11) is 0. The predicted octanol–water partition coefficient (Wildman–Crippen LogP) is 4.66. The summed E-state index contributed by atoms with van der Waals surface area (Å²) in [6, 6.07) is 7.15. The maximum atomic E-state index is 13.7. The number of para-hydroxylation sites is 1. The summed E-state index contributed by atoms with van der Waals surface area (Å²) in [4.78, 5) is 0. The van der Waals surface area contributed by atoms with Crippen LogP contribution in [0.5, 0.6) is 0 Å². The van der Waals surface area contributed by atoms with Crippen LogP contribution in [0, 0.1) is 11.7 Å². The summed E-state index contributed by atoms with van der Waals surface area (Å²) in [5.74, 6) is 1.11. The molecule has 1 heterocycles. The van der Waals surface area contributed by atoms with Crippen molar-refractivity contribution >= 4 is 11.0 Å². The molecule has 0 saturated heterocycles. The van der Waals surface area contributed by atoms with Crippen molar-refractivity contribution in [2.45, 2.75) is 39.7 Å². The van der Waals surface area contributed by atoms with Crippen molar-refractivity contribution in [3.05, 3.63) is 35.8 Å². The summed E-state index contributed by atoms with van der Waals surface area (Å²) in [5, 5.41) is 4.32. The zero-order valence-corrected chi connectivity index (χ0v) is 11.9. The van der Waals surface area contributed by atoms with E-state index >= 15 is 0 Å². The van der Waals surface area contributed by atoms with Crippen molar-refractivity contribution in [2.75, 3.05) is 6.54 Å². The first-order valence-corrected chi connectivity index (χ1v) is 7.03. The largest absolute Gasteiger partial charge is 0.456 e. The van der Waals surface area contributed by atoms with E-state index in [4.69, 9.17) is 4.42 Å². The molecule has 0 radical (unpaired) electrons. The Morgan fingerprint density at radius 2 is 2.11 bits per heavy atom. The van der Waals surface area contributed by atoms with Crippen LogP contribution in [0.25, 0.3) is 11.0 Å². The first-order valence-electron chi connectivity index (χ1n) is 7.03. The maximum absolute atomic E-state index is 13.7. The van der Waals surface area contributed by atoms with E-state index in [9.17, 15) is 4.39 Å². The van der Waals surface area contributed by atoms with Gasteiger partial charge in [0.25, 0.3) is 0 Å². The van der Waals surface area contributed by atoms with Crippen molar-refractivity contribution in [1.82, 2.24) is 5.32 Å². The van der Waals surface area contributed by atoms with Gasteiger partial charge >= 0.3 is 0 Å². The summed E-state index contributed by atoms with van der Waals surface area (Å²) in [6.07, 6.45) is 2.06. The zero-order chi connectivity index (χ0) is 13.8. The highest BCUT2D eigenvalue weighted by molar-refractivity contribution is 5.78. The van der Waals surface area contributed by atoms with Crippen molar-refractivity contribution in [3.8, 4) is 0 Å². The van der Waals surface area contributed by atoms with E-state index in [1.54, 1.807) is 6.07 Å². The van der Waals surface area contributed by atoms with Crippen LogP contribution in [0.4, 0.5) is 4.39 Å². The fourth-order valence-electron chi connectivity index (χ4n) is 2.31. The Kier molecular flexibility index (Phi) is 4.59. The summed E-state index contributed by atoms with van der Waals surface area (Å²) in [6.45, 7) is 7.45. The standard InChI is InChI=1S/C16H22FNO/c1-4-8-18-14(9-11(2)3)15-10-12-6-5-7-13(17)16(12)19-15/h5-7,10-11,14,18H,4,8-9H2,1-3H3. The Morgan fingerprint density at radius 3 is 2.74 bits per heavy atom. The van der Waals surface area contributed by atoms with E-state index in [-0.39, 0.29) is 11.9 Å². The van der Waals surface area contributed by atoms with Crippen LogP contribution in [0.1, 0.15) is 45.4 Å². The molecule has 1 atom stereocenters. The number of benzene rings is 1. The van der Waals surface area contributed by atoms with E-state index in [0.29, 0.717) is 11.5 Å². The van der Waals surface area contributed by atoms with Crippen molar-refractivity contribution in [3.63, 3.8) is 0 Å². The molecule has 0 aliphatic carbocycles. The number of nitrogens with one attached hydrogen (secondary N) is 1. The van der Waals surface area contributed by atoms with E-state index in [0.717, 1.165) is 30.5 Å². The number of fused-ring (bicyclic) bond motifs is 1. The molecule has 1 aromatic heterocycles. The molecular weight excluding hydrogens is 241 g/mol. The molecule has 104 valence electrons. The van der Waals surface area contributed by atoms with E-state index in [1.807, 2.05) is 12.1 Å². The maximum Gasteiger partial charge on any atom is 0.169 e. The van der Waals surface area contributed by atoms with Crippen molar-refractivity contribution in [2.24, 2.45) is 5.92 Å². The first-order chi connectivity index (χ1) is 9.11. The topological polar surface area (TPSA) is 25.2 Å². The highest BCUT2D eigenvalue weighted by Crippen LogP contribution is 2.29. The normalized spacial score (nSPS) is 13.3. The number of halogens is 1. The van der Waals surface area contributed by atoms with Crippen LogP contribution in [-0.2, 0) is 0 Å². The fourth-order valence-corrected chi connectivity index (χ4v) is 2.31. The third kappa shape index (κ3) is 3.35. The van der Waals surface area contributed by atoms with Gasteiger partial charge in [-0.15, -0.1) is 0 Å². The average Bonchev–Trinajstić information content (AvgIpc) is 2.79. The second kappa shape index (κ2) is 6.20. The number of rotatable bonds is 6. The molecule has 0 amide bonds. The summed E-state index contributed by atoms with van der Waals surface area (Å²) in [5.41, 5.74) is 0.365. The molecule has 2 nitrogen and oxygen atoms in total. The molecule has 19 heavy (non-hydrogen) atoms. The second-order valence-electron chi connectivity index (χ2n) is 5.44. The van der Waals surface area contributed by atoms with Gasteiger partial charge in [0.1, 0.15) is 5.76 Å². The van der Waals surface area contributed by atoms with E-state index < -0.39 is 0 Å². The fraction of sp³-hybridized carbons (Fsp3) is 0.500. The summed E-state index contributed by atoms with van der Waals surface area (Å²) >= 11 is 0. The van der Waals surface area contributed by atoms with Gasteiger partial charge in [-0.1, -0.05) is 32.9 Å². The molecule has 0 aliphatic heterocycles. The van der Waals surface area contributed by atoms with Crippen LogP contribution in [0.2, 0.25) is 0 Å². The number of hydrogen-bond acceptors (Lipinski definition) is 2. The number of hydrogen-bond donors (Lipinski definition) is 1. The molecule has 1 unspecified atom stereocenters. The molecule has 3 heteroatoms. The lowest BCUT2D eigenvalue weighted by molar-refractivity contribution is 0.368. The SMILES string of the molecule is CCCNC(CC(C)C)c1cc2cccc(F)c2o1. The Balaban J connectivity index is 2.29. The third-order valence-corrected chi connectivity index (χ3v) is 3.21. The molecule has 2 rings (SSSR count). The quantitative estimate of drug-likeness (QED) is 0.820. The molecule has 1 N–H and O–H groups in total. The Morgan fingerprint density at radius 1 is 1.32 bits per heavy atom. The van der Waals surface area contributed by atoms with Crippen LogP contribution in [0.15, 0.2) is 28.7 Å². The van der Waals surface area contributed by atoms with Crippen molar-refractivity contribution in [1.29, 1.82) is 0 Å². The lowest BCUT2D eigenvalue weighted by atomic mass is 10.0. The van der Waals surface area contributed by atoms with Crippen LogP contribution in [-0.4, -0.2) is 6.54 Å². The van der Waals surface area contributed by atoms with Crippen LogP contribution < -0.4 is 5.32 Å². The second-order valence-corrected chi connectivity index (χ2v) is 5.44. The summed E-state index contributed by atoms with van der Waals surface area (Å²) < 4.78 is 19.4. The predicted molar refractivity (Wildman–Crippen MR) is 76.7 cm³/mol. The van der Waals surface area contributed by atoms with Gasteiger partial charge in [-0.25, -0.2) is 4.39 Å². The minimum atomic E-state index is -0.289. The molecule has 0 spiro atoms. The van der Waals surface area contributed by atoms with Gasteiger partial charge in [-0.3, -0.25) is 0 Å². The van der Waals surface area contributed by atoms with Gasteiger partial charge < -0.3 is 9.73 Å². The lowest BCUT2D eigenvalue weighted by Gasteiger charge is -2.18. The van der Waals surface area contributed by atoms with Gasteiger partial charge in [0.2, 0.25) is 0 Å². The lowest BCUT2D eigenvalue weighted by Crippen LogP contribution is -2.23. The Labute approximate surface area is 114 Å². The third-order valence-electron chi connectivity index (χ3n) is 3.21. The van der Waals surface area contributed by atoms with Crippen LogP contribution >= 0.6 is 0 Å². The molecule has 0 fully saturated rings. The minimum absolute atomic E-state index is 0.159. The van der Waals surface area contributed by atoms with Gasteiger partial charge in [0.05, 0.1) is 6.04 Å². The molecule has 0 saturated carbocycles. The van der Waals surface area contributed by atoms with Crippen molar-refractivity contribution < 1.29 is 8.81 Å². The molecule has 2 aromatic rings. The monoisotopic (exact) mass is 263 g/mol. The van der Waals surface area contributed by atoms with E-state index in [2.05, 4.69) is 26.1 Å². The van der Waals surface area contributed by atoms with Gasteiger partial charge in [-0.2, -0.15) is 0 Å². The Hall–Kier alpha value is -1.35. The highest BCUT2D eigenvalue weighted by atomic mass is 19.1. The molecule has 0 bridgehead atoms. The van der Waals surface area contributed by atoms with Gasteiger partial charge in [-0.05, 0) is 37.4 Å². The van der Waals surface area contributed by atoms with E-state index in [1.165, 1.54) is 6.07 Å². The number of furan rings is 1. The smallest absolute Gasteiger partial charge is 0.169 e. The molecule has 0 aliphatic rings. The zero-order valence-electron chi connectivity index (χ0n) is 11.9. The Bertz CT molecular complexity index is 533. The highest BCUT2D eigenvalue weighted by Gasteiger charge is 2.18. The molecular formula is C16H22FNO. The average molecular weight is 263 g/mol. The van der Waals surface area contributed by atoms with Gasteiger partial charge in [0, 0.05) is 5.39 Å². The van der Waals surface area contributed by atoms with Crippen LogP contribution in [0.3, 0.4) is 0 Å². The first kappa shape index (κ1) is 14.1. The molecule has 1 aromatic carbocycles. The minimum Gasteiger partial charge on any atom is -0.456 e.